The van der Waals surface area contributed by atoms with E-state index in [1.165, 1.54) is 0 Å². The fourth-order valence-electron chi connectivity index (χ4n) is 2.85. The molecule has 1 aliphatic rings. The second-order valence-corrected chi connectivity index (χ2v) is 5.25. The van der Waals surface area contributed by atoms with Gasteiger partial charge in [-0.2, -0.15) is 5.10 Å². The van der Waals surface area contributed by atoms with E-state index in [0.29, 0.717) is 17.7 Å². The summed E-state index contributed by atoms with van der Waals surface area (Å²) < 4.78 is 1.68. The zero-order valence-corrected chi connectivity index (χ0v) is 12.1. The minimum Gasteiger partial charge on any atom is -0.337 e. The van der Waals surface area contributed by atoms with Crippen molar-refractivity contribution >= 4 is 5.91 Å². The van der Waals surface area contributed by atoms with Crippen LogP contribution in [-0.2, 0) is 7.05 Å². The lowest BCUT2D eigenvalue weighted by Gasteiger charge is -2.38. The first-order chi connectivity index (χ1) is 9.15. The number of carbonyl (C=O) groups is 1. The van der Waals surface area contributed by atoms with Crippen LogP contribution in [0.5, 0.6) is 0 Å². The first-order valence-corrected chi connectivity index (χ1v) is 7.18. The van der Waals surface area contributed by atoms with E-state index in [0.717, 1.165) is 32.5 Å². The Kier molecular flexibility index (Phi) is 4.58. The molecular formula is C14H24N4O. The Hall–Kier alpha value is -1.36. The summed E-state index contributed by atoms with van der Waals surface area (Å²) >= 11 is 0. The lowest BCUT2D eigenvalue weighted by molar-refractivity contribution is 0.0621. The van der Waals surface area contributed by atoms with Gasteiger partial charge in [-0.1, -0.05) is 20.3 Å². The summed E-state index contributed by atoms with van der Waals surface area (Å²) in [4.78, 5) is 14.3. The van der Waals surface area contributed by atoms with Crippen LogP contribution >= 0.6 is 0 Å². The monoisotopic (exact) mass is 264 g/mol. The molecule has 2 heterocycles. The number of nitrogens with zero attached hydrogens (tertiary/aromatic N) is 3. The van der Waals surface area contributed by atoms with Crippen LogP contribution in [-0.4, -0.2) is 46.3 Å². The molecule has 1 aliphatic heterocycles. The van der Waals surface area contributed by atoms with Gasteiger partial charge in [0.05, 0.1) is 0 Å². The molecule has 0 radical (unpaired) electrons. The maximum atomic E-state index is 12.4. The number of hydrogen-bond donors (Lipinski definition) is 1. The van der Waals surface area contributed by atoms with Crippen LogP contribution in [0.3, 0.4) is 0 Å². The van der Waals surface area contributed by atoms with Crippen LogP contribution in [0.1, 0.15) is 37.2 Å². The Labute approximate surface area is 115 Å². The molecule has 19 heavy (non-hydrogen) atoms. The molecule has 1 aromatic heterocycles. The summed E-state index contributed by atoms with van der Waals surface area (Å²) in [5.41, 5.74) is 0.555. The smallest absolute Gasteiger partial charge is 0.274 e. The highest BCUT2D eigenvalue weighted by molar-refractivity contribution is 5.92. The van der Waals surface area contributed by atoms with Gasteiger partial charge in [0.25, 0.3) is 5.91 Å². The van der Waals surface area contributed by atoms with E-state index in [1.54, 1.807) is 10.7 Å². The summed E-state index contributed by atoms with van der Waals surface area (Å²) in [5.74, 6) is 0.607. The zero-order chi connectivity index (χ0) is 13.8. The molecule has 0 aliphatic carbocycles. The molecule has 1 saturated heterocycles. The second-order valence-electron chi connectivity index (χ2n) is 5.25. The van der Waals surface area contributed by atoms with E-state index in [4.69, 9.17) is 0 Å². The summed E-state index contributed by atoms with van der Waals surface area (Å²) in [6.07, 6.45) is 3.95. The maximum Gasteiger partial charge on any atom is 0.274 e. The van der Waals surface area contributed by atoms with Crippen molar-refractivity contribution in [1.82, 2.24) is 20.0 Å². The number of amides is 1. The van der Waals surface area contributed by atoms with Crippen LogP contribution in [0.4, 0.5) is 0 Å². The number of aryl methyl sites for hydroxylation is 1. The van der Waals surface area contributed by atoms with Crippen LogP contribution < -0.4 is 5.32 Å². The number of piperidine rings is 1. The number of carbonyl (C=O) groups excluding carboxylic acids is 1. The summed E-state index contributed by atoms with van der Waals surface area (Å²) in [7, 11) is 1.84. The van der Waals surface area contributed by atoms with E-state index in [1.807, 2.05) is 18.1 Å². The van der Waals surface area contributed by atoms with Crippen molar-refractivity contribution in [3.63, 3.8) is 0 Å². The molecule has 1 fully saturated rings. The van der Waals surface area contributed by atoms with Crippen LogP contribution in [0.15, 0.2) is 12.3 Å². The second kappa shape index (κ2) is 6.19. The molecule has 0 spiro atoms. The van der Waals surface area contributed by atoms with Crippen LogP contribution in [0, 0.1) is 5.92 Å². The van der Waals surface area contributed by atoms with E-state index >= 15 is 0 Å². The predicted octanol–water partition coefficient (Wildman–Crippen LogP) is 1.27. The summed E-state index contributed by atoms with van der Waals surface area (Å²) in [6, 6.07) is 2.34. The number of hydrogen-bond acceptors (Lipinski definition) is 3. The van der Waals surface area contributed by atoms with Gasteiger partial charge in [-0.25, -0.2) is 0 Å². The van der Waals surface area contributed by atoms with Gasteiger partial charge in [0.15, 0.2) is 0 Å². The van der Waals surface area contributed by atoms with Crippen LogP contribution in [0.25, 0.3) is 0 Å². The molecule has 0 saturated carbocycles. The van der Waals surface area contributed by atoms with E-state index in [2.05, 4.69) is 24.3 Å². The van der Waals surface area contributed by atoms with Gasteiger partial charge in [-0.3, -0.25) is 9.48 Å². The lowest BCUT2D eigenvalue weighted by Crippen LogP contribution is -2.50. The van der Waals surface area contributed by atoms with Crippen molar-refractivity contribution in [1.29, 1.82) is 0 Å². The third-order valence-corrected chi connectivity index (χ3v) is 3.94. The molecule has 2 atom stereocenters. The molecule has 5 nitrogen and oxygen atoms in total. The molecule has 2 rings (SSSR count). The molecule has 2 unspecified atom stereocenters. The minimum absolute atomic E-state index is 0.0639. The van der Waals surface area contributed by atoms with Gasteiger partial charge in [-0.15, -0.1) is 0 Å². The van der Waals surface area contributed by atoms with E-state index < -0.39 is 0 Å². The quantitative estimate of drug-likeness (QED) is 0.891. The van der Waals surface area contributed by atoms with E-state index in [9.17, 15) is 4.79 Å². The van der Waals surface area contributed by atoms with Gasteiger partial charge >= 0.3 is 0 Å². The molecule has 0 bridgehead atoms. The number of nitrogens with one attached hydrogen (secondary N) is 1. The molecule has 1 aromatic rings. The Morgan fingerprint density at radius 2 is 2.32 bits per heavy atom. The molecular weight excluding hydrogens is 240 g/mol. The molecule has 5 heteroatoms. The topological polar surface area (TPSA) is 50.2 Å². The van der Waals surface area contributed by atoms with Crippen molar-refractivity contribution < 1.29 is 4.79 Å². The highest BCUT2D eigenvalue weighted by Gasteiger charge is 2.30. The maximum absolute atomic E-state index is 12.4. The Morgan fingerprint density at radius 1 is 1.53 bits per heavy atom. The van der Waals surface area contributed by atoms with Crippen molar-refractivity contribution in [2.45, 2.75) is 32.7 Å². The van der Waals surface area contributed by atoms with Gasteiger partial charge in [0.1, 0.15) is 5.69 Å². The number of rotatable bonds is 4. The van der Waals surface area contributed by atoms with Crippen molar-refractivity contribution in [3.05, 3.63) is 18.0 Å². The minimum atomic E-state index is 0.0639. The fourth-order valence-corrected chi connectivity index (χ4v) is 2.85. The first kappa shape index (κ1) is 14.1. The molecule has 106 valence electrons. The van der Waals surface area contributed by atoms with Crippen molar-refractivity contribution in [3.8, 4) is 0 Å². The Morgan fingerprint density at radius 3 is 2.89 bits per heavy atom. The first-order valence-electron chi connectivity index (χ1n) is 7.18. The third kappa shape index (κ3) is 3.15. The van der Waals surface area contributed by atoms with Crippen LogP contribution in [0.2, 0.25) is 0 Å². The highest BCUT2D eigenvalue weighted by atomic mass is 16.2. The average Bonchev–Trinajstić information content (AvgIpc) is 2.85. The predicted molar refractivity (Wildman–Crippen MR) is 75.0 cm³/mol. The van der Waals surface area contributed by atoms with E-state index in [-0.39, 0.29) is 5.91 Å². The number of aromatic nitrogens is 2. The van der Waals surface area contributed by atoms with Crippen molar-refractivity contribution in [2.24, 2.45) is 13.0 Å². The van der Waals surface area contributed by atoms with Gasteiger partial charge in [-0.05, 0) is 24.9 Å². The SMILES string of the molecule is CCNC1CCN(C(=O)c2ccn(C)n2)CC1CC. The lowest BCUT2D eigenvalue weighted by atomic mass is 9.89. The largest absolute Gasteiger partial charge is 0.337 e. The molecule has 1 N–H and O–H groups in total. The van der Waals surface area contributed by atoms with Gasteiger partial charge in [0.2, 0.25) is 0 Å². The number of likely N-dealkylation sites (tertiary alicyclic amines) is 1. The fraction of sp³-hybridized carbons (Fsp3) is 0.714. The highest BCUT2D eigenvalue weighted by Crippen LogP contribution is 2.21. The van der Waals surface area contributed by atoms with Crippen molar-refractivity contribution in [2.75, 3.05) is 19.6 Å². The Bertz CT molecular complexity index is 429. The molecule has 1 amide bonds. The standard InChI is InChI=1S/C14H24N4O/c1-4-11-10-18(9-7-12(11)15-5-2)14(19)13-6-8-17(3)16-13/h6,8,11-12,15H,4-5,7,9-10H2,1-3H3. The summed E-state index contributed by atoms with van der Waals surface area (Å²) in [5, 5.41) is 7.73. The summed E-state index contributed by atoms with van der Waals surface area (Å²) in [6.45, 7) is 6.99. The van der Waals surface area contributed by atoms with Gasteiger partial charge < -0.3 is 10.2 Å². The normalized spacial score (nSPS) is 23.6. The Balaban J connectivity index is 2.01. The van der Waals surface area contributed by atoms with Gasteiger partial charge in [0, 0.05) is 32.4 Å². The molecule has 0 aromatic carbocycles. The average molecular weight is 264 g/mol. The third-order valence-electron chi connectivity index (χ3n) is 3.94. The zero-order valence-electron chi connectivity index (χ0n) is 12.1.